The minimum atomic E-state index is -1.11. The van der Waals surface area contributed by atoms with Crippen LogP contribution in [0.2, 0.25) is 0 Å². The van der Waals surface area contributed by atoms with Gasteiger partial charge >= 0.3 is 0 Å². The standard InChI is InChI=1S/C45H62N10O6/c46-45(47)49-24-9-18-34-40(57)48-23-10-19-35(51-39(56)22-21-29-12-3-1-4-13-29)44(61)55-25-11-20-38(55)43(60)54-36(26-30-14-5-2-6-15-30)41(58)53-37(42(59)52-34)27-31-28-50-33-17-8-7-16-32(31)33/h1,3-4,7-8,12-13,16-17,28,30,34-38,50H,2,5-6,9-11,14-15,18-27H2,(H,48,57)(H,51,56)(H,52,59)(H,53,58)(H,54,60)(H4,46,47,49)/t34-,35?,36?,37?,38-/m0/s1. The maximum atomic E-state index is 14.5. The van der Waals surface area contributed by atoms with Gasteiger partial charge in [0, 0.05) is 49.6 Å². The van der Waals surface area contributed by atoms with Gasteiger partial charge in [-0.25, -0.2) is 0 Å². The molecular formula is C45H62N10O6. The number of nitrogens with two attached hydrogens (primary N) is 2. The molecule has 328 valence electrons. The Morgan fingerprint density at radius 3 is 2.28 bits per heavy atom. The molecule has 3 fully saturated rings. The van der Waals surface area contributed by atoms with Crippen LogP contribution in [0.1, 0.15) is 94.6 Å². The number of aliphatic imine (C=N–C) groups is 1. The van der Waals surface area contributed by atoms with Crippen molar-refractivity contribution in [1.82, 2.24) is 36.5 Å². The van der Waals surface area contributed by atoms with E-state index >= 15 is 0 Å². The van der Waals surface area contributed by atoms with Crippen molar-refractivity contribution in [2.75, 3.05) is 19.6 Å². The number of nitrogens with zero attached hydrogens (tertiary/aromatic N) is 2. The predicted molar refractivity (Wildman–Crippen MR) is 233 cm³/mol. The van der Waals surface area contributed by atoms with Crippen LogP contribution in [-0.2, 0) is 41.6 Å². The molecule has 2 saturated heterocycles. The smallest absolute Gasteiger partial charge is 0.245 e. The van der Waals surface area contributed by atoms with Crippen molar-refractivity contribution in [2.24, 2.45) is 22.4 Å². The van der Waals surface area contributed by atoms with E-state index in [1.54, 1.807) is 6.20 Å². The number of carbonyl (C=O) groups excluding carboxylic acids is 6. The number of aromatic amines is 1. The molecule has 0 radical (unpaired) electrons. The number of amides is 6. The highest BCUT2D eigenvalue weighted by Crippen LogP contribution is 2.28. The first-order chi connectivity index (χ1) is 29.5. The summed E-state index contributed by atoms with van der Waals surface area (Å²) in [6.45, 7) is 0.689. The average molecular weight is 839 g/mol. The average Bonchev–Trinajstić information content (AvgIpc) is 3.92. The van der Waals surface area contributed by atoms with Crippen LogP contribution in [0.5, 0.6) is 0 Å². The largest absolute Gasteiger partial charge is 0.370 e. The van der Waals surface area contributed by atoms with E-state index in [2.05, 4.69) is 36.6 Å². The van der Waals surface area contributed by atoms with Crippen LogP contribution in [0.3, 0.4) is 0 Å². The van der Waals surface area contributed by atoms with Crippen LogP contribution >= 0.6 is 0 Å². The Morgan fingerprint density at radius 2 is 1.49 bits per heavy atom. The third kappa shape index (κ3) is 12.8. The Kier molecular flexibility index (Phi) is 16.1. The van der Waals surface area contributed by atoms with Crippen molar-refractivity contribution in [1.29, 1.82) is 0 Å². The minimum Gasteiger partial charge on any atom is -0.370 e. The van der Waals surface area contributed by atoms with Crippen molar-refractivity contribution < 1.29 is 28.8 Å². The topological polar surface area (TPSA) is 246 Å². The zero-order valence-corrected chi connectivity index (χ0v) is 35.0. The van der Waals surface area contributed by atoms with Gasteiger partial charge in [-0.3, -0.25) is 33.8 Å². The van der Waals surface area contributed by atoms with Gasteiger partial charge in [0.1, 0.15) is 30.2 Å². The van der Waals surface area contributed by atoms with Crippen molar-refractivity contribution in [3.8, 4) is 0 Å². The van der Waals surface area contributed by atoms with Crippen LogP contribution < -0.4 is 38.1 Å². The zero-order valence-electron chi connectivity index (χ0n) is 35.0. The van der Waals surface area contributed by atoms with Crippen LogP contribution in [0, 0.1) is 5.92 Å². The summed E-state index contributed by atoms with van der Waals surface area (Å²) in [5, 5.41) is 15.6. The van der Waals surface area contributed by atoms with Gasteiger partial charge in [-0.05, 0) is 74.5 Å². The second-order valence-corrected chi connectivity index (χ2v) is 16.7. The Balaban J connectivity index is 1.29. The summed E-state index contributed by atoms with van der Waals surface area (Å²) >= 11 is 0. The van der Waals surface area contributed by atoms with Crippen LogP contribution in [0.15, 0.2) is 65.8 Å². The Bertz CT molecular complexity index is 2010. The lowest BCUT2D eigenvalue weighted by atomic mass is 9.84. The van der Waals surface area contributed by atoms with Crippen LogP contribution in [0.25, 0.3) is 10.9 Å². The quantitative estimate of drug-likeness (QED) is 0.0762. The number of aryl methyl sites for hydroxylation is 1. The SMILES string of the molecule is NC(N)=NCCC[C@@H]1NC(=O)C(Cc2c[nH]c3ccccc23)NC(=O)C(CC2CCCCC2)NC(=O)[C@@H]2CCCN2C(=O)C(NC(=O)CCc2ccccc2)CCCNC1=O. The third-order valence-electron chi connectivity index (χ3n) is 12.2. The van der Waals surface area contributed by atoms with Gasteiger partial charge in [-0.1, -0.05) is 80.6 Å². The predicted octanol–water partition coefficient (Wildman–Crippen LogP) is 2.21. The fourth-order valence-corrected chi connectivity index (χ4v) is 8.87. The Morgan fingerprint density at radius 1 is 0.770 bits per heavy atom. The van der Waals surface area contributed by atoms with E-state index in [0.717, 1.165) is 54.1 Å². The van der Waals surface area contributed by atoms with Crippen LogP contribution in [0.4, 0.5) is 0 Å². The summed E-state index contributed by atoms with van der Waals surface area (Å²) in [5.74, 6) is -2.57. The molecule has 2 aromatic carbocycles. The highest BCUT2D eigenvalue weighted by molar-refractivity contribution is 5.97. The Labute approximate surface area is 357 Å². The first kappa shape index (κ1) is 44.6. The molecule has 0 spiro atoms. The number of rotatable bonds is 12. The molecule has 10 N–H and O–H groups in total. The first-order valence-electron chi connectivity index (χ1n) is 22.0. The van der Waals surface area contributed by atoms with Crippen molar-refractivity contribution in [3.05, 3.63) is 71.9 Å². The minimum absolute atomic E-state index is 0.0916. The number of para-hydroxylation sites is 1. The number of benzene rings is 2. The number of nitrogens with one attached hydrogen (secondary N) is 6. The van der Waals surface area contributed by atoms with E-state index in [0.29, 0.717) is 45.1 Å². The molecule has 1 aromatic heterocycles. The zero-order chi connectivity index (χ0) is 43.1. The summed E-state index contributed by atoms with van der Waals surface area (Å²) in [7, 11) is 0. The molecule has 16 heteroatoms. The molecule has 5 atom stereocenters. The number of guanidine groups is 1. The van der Waals surface area contributed by atoms with Gasteiger partial charge in [-0.15, -0.1) is 0 Å². The second-order valence-electron chi connectivity index (χ2n) is 16.7. The molecular weight excluding hydrogens is 777 g/mol. The number of hydrogen-bond donors (Lipinski definition) is 8. The Hall–Kier alpha value is -5.93. The lowest BCUT2D eigenvalue weighted by Crippen LogP contribution is -2.59. The van der Waals surface area contributed by atoms with Crippen molar-refractivity contribution in [3.63, 3.8) is 0 Å². The van der Waals surface area contributed by atoms with E-state index in [4.69, 9.17) is 11.5 Å². The monoisotopic (exact) mass is 838 g/mol. The van der Waals surface area contributed by atoms with Gasteiger partial charge in [0.05, 0.1) is 0 Å². The number of hydrogen-bond acceptors (Lipinski definition) is 7. The van der Waals surface area contributed by atoms with Gasteiger partial charge in [0.2, 0.25) is 35.4 Å². The van der Waals surface area contributed by atoms with E-state index < -0.39 is 53.8 Å². The summed E-state index contributed by atoms with van der Waals surface area (Å²) in [5.41, 5.74) is 13.7. The summed E-state index contributed by atoms with van der Waals surface area (Å²) in [4.78, 5) is 93.5. The highest BCUT2D eigenvalue weighted by Gasteiger charge is 2.40. The number of H-pyrrole nitrogens is 1. The maximum absolute atomic E-state index is 14.5. The molecule has 61 heavy (non-hydrogen) atoms. The third-order valence-corrected chi connectivity index (χ3v) is 12.2. The lowest BCUT2D eigenvalue weighted by Gasteiger charge is -2.32. The van der Waals surface area contributed by atoms with Gasteiger partial charge in [0.15, 0.2) is 5.96 Å². The molecule has 1 aliphatic carbocycles. The maximum Gasteiger partial charge on any atom is 0.245 e. The fraction of sp³-hybridized carbons (Fsp3) is 0.533. The molecule has 0 bridgehead atoms. The van der Waals surface area contributed by atoms with Gasteiger partial charge in [-0.2, -0.15) is 0 Å². The van der Waals surface area contributed by atoms with E-state index in [-0.39, 0.29) is 62.5 Å². The molecule has 3 unspecified atom stereocenters. The first-order valence-corrected chi connectivity index (χ1v) is 22.0. The molecule has 6 rings (SSSR count). The molecule has 16 nitrogen and oxygen atoms in total. The number of carbonyl (C=O) groups is 6. The summed E-state index contributed by atoms with van der Waals surface area (Å²) in [6, 6.07) is 12.3. The van der Waals surface area contributed by atoms with Crippen molar-refractivity contribution in [2.45, 2.75) is 127 Å². The highest BCUT2D eigenvalue weighted by atomic mass is 16.2. The van der Waals surface area contributed by atoms with E-state index in [1.807, 2.05) is 54.6 Å². The molecule has 2 aliphatic heterocycles. The lowest BCUT2D eigenvalue weighted by molar-refractivity contribution is -0.142. The second kappa shape index (κ2) is 22.1. The fourth-order valence-electron chi connectivity index (χ4n) is 8.87. The summed E-state index contributed by atoms with van der Waals surface area (Å²) in [6.07, 6.45) is 9.96. The number of fused-ring (bicyclic) bond motifs is 2. The van der Waals surface area contributed by atoms with E-state index in [1.165, 1.54) is 4.90 Å². The molecule has 1 saturated carbocycles. The normalized spacial score (nSPS) is 23.8. The van der Waals surface area contributed by atoms with Crippen molar-refractivity contribution >= 4 is 52.3 Å². The van der Waals surface area contributed by atoms with Gasteiger partial charge in [0.25, 0.3) is 0 Å². The molecule has 3 heterocycles. The van der Waals surface area contributed by atoms with E-state index in [9.17, 15) is 28.8 Å². The number of aromatic nitrogens is 1. The van der Waals surface area contributed by atoms with Gasteiger partial charge < -0.3 is 47.9 Å². The summed E-state index contributed by atoms with van der Waals surface area (Å²) < 4.78 is 0. The molecule has 3 aromatic rings. The molecule has 3 aliphatic rings. The van der Waals surface area contributed by atoms with Crippen LogP contribution in [-0.4, -0.2) is 101 Å². The molecule has 6 amide bonds.